The summed E-state index contributed by atoms with van der Waals surface area (Å²) < 4.78 is 7.04. The van der Waals surface area contributed by atoms with Crippen molar-refractivity contribution in [2.24, 2.45) is 0 Å². The maximum Gasteiger partial charge on any atom is 0.163 e. The summed E-state index contributed by atoms with van der Waals surface area (Å²) in [6.45, 7) is 1.26. The van der Waals surface area contributed by atoms with Crippen molar-refractivity contribution < 1.29 is 9.52 Å². The van der Waals surface area contributed by atoms with Gasteiger partial charge in [0.25, 0.3) is 0 Å². The van der Waals surface area contributed by atoms with Crippen molar-refractivity contribution in [1.82, 2.24) is 10.3 Å². The van der Waals surface area contributed by atoms with E-state index < -0.39 is 5.60 Å². The molecule has 4 rings (SSSR count). The lowest BCUT2D eigenvalue weighted by Gasteiger charge is -2.36. The maximum absolute atomic E-state index is 10.1. The molecule has 114 valence electrons. The van der Waals surface area contributed by atoms with E-state index in [9.17, 15) is 5.11 Å². The van der Waals surface area contributed by atoms with Gasteiger partial charge in [0, 0.05) is 6.54 Å². The molecule has 1 aromatic carbocycles. The molecule has 2 heterocycles. The molecular weight excluding hydrogens is 296 g/mol. The third-order valence-electron chi connectivity index (χ3n) is 4.20. The predicted molar refractivity (Wildman–Crippen MR) is 87.8 cm³/mol. The molecule has 4 nitrogen and oxygen atoms in total. The lowest BCUT2D eigenvalue weighted by atomic mass is 9.80. The van der Waals surface area contributed by atoms with Gasteiger partial charge in [-0.2, -0.15) is 0 Å². The highest BCUT2D eigenvalue weighted by atomic mass is 32.1. The number of hydrogen-bond acceptors (Lipinski definition) is 5. The fraction of sp³-hybridized carbons (Fsp3) is 0.353. The smallest absolute Gasteiger partial charge is 0.163 e. The summed E-state index contributed by atoms with van der Waals surface area (Å²) in [7, 11) is 0. The van der Waals surface area contributed by atoms with Crippen LogP contribution in [0.4, 0.5) is 0 Å². The highest BCUT2D eigenvalue weighted by Gasteiger charge is 2.33. The lowest BCUT2D eigenvalue weighted by Crippen LogP contribution is -2.45. The number of rotatable bonds is 5. The second-order valence-corrected chi connectivity index (χ2v) is 6.96. The summed E-state index contributed by atoms with van der Waals surface area (Å²) in [4.78, 5) is 4.60. The van der Waals surface area contributed by atoms with Gasteiger partial charge in [0.2, 0.25) is 0 Å². The van der Waals surface area contributed by atoms with Gasteiger partial charge in [-0.05, 0) is 43.5 Å². The number of benzene rings is 1. The SMILES string of the molecule is OC1(CNCc2ccc(-c3nc4ccccc4s3)o2)CCC1. The van der Waals surface area contributed by atoms with E-state index in [1.807, 2.05) is 30.3 Å². The van der Waals surface area contributed by atoms with Gasteiger partial charge in [0.1, 0.15) is 5.76 Å². The predicted octanol–water partition coefficient (Wildman–Crippen LogP) is 3.56. The van der Waals surface area contributed by atoms with Gasteiger partial charge in [-0.25, -0.2) is 4.98 Å². The average molecular weight is 314 g/mol. The van der Waals surface area contributed by atoms with Crippen molar-refractivity contribution in [3.8, 4) is 10.8 Å². The van der Waals surface area contributed by atoms with Gasteiger partial charge in [-0.3, -0.25) is 0 Å². The Kier molecular flexibility index (Phi) is 3.48. The molecule has 22 heavy (non-hydrogen) atoms. The van der Waals surface area contributed by atoms with Gasteiger partial charge >= 0.3 is 0 Å². The summed E-state index contributed by atoms with van der Waals surface area (Å²) in [6.07, 6.45) is 2.92. The lowest BCUT2D eigenvalue weighted by molar-refractivity contribution is -0.0317. The first-order chi connectivity index (χ1) is 10.7. The fourth-order valence-electron chi connectivity index (χ4n) is 2.75. The van der Waals surface area contributed by atoms with E-state index in [4.69, 9.17) is 4.42 Å². The van der Waals surface area contributed by atoms with Gasteiger partial charge in [0.15, 0.2) is 10.8 Å². The van der Waals surface area contributed by atoms with Crippen LogP contribution < -0.4 is 5.32 Å². The Hall–Kier alpha value is -1.69. The average Bonchev–Trinajstić information content (AvgIpc) is 3.11. The van der Waals surface area contributed by atoms with Crippen molar-refractivity contribution in [1.29, 1.82) is 0 Å². The van der Waals surface area contributed by atoms with Gasteiger partial charge in [-0.15, -0.1) is 11.3 Å². The molecule has 0 atom stereocenters. The monoisotopic (exact) mass is 314 g/mol. The van der Waals surface area contributed by atoms with Crippen LogP contribution in [0.2, 0.25) is 0 Å². The zero-order valence-corrected chi connectivity index (χ0v) is 13.0. The van der Waals surface area contributed by atoms with Crippen molar-refractivity contribution in [2.45, 2.75) is 31.4 Å². The molecule has 1 saturated carbocycles. The number of furan rings is 1. The number of nitrogens with one attached hydrogen (secondary N) is 1. The number of aromatic nitrogens is 1. The number of para-hydroxylation sites is 1. The van der Waals surface area contributed by atoms with E-state index >= 15 is 0 Å². The molecule has 0 amide bonds. The third kappa shape index (κ3) is 2.67. The first-order valence-corrected chi connectivity index (χ1v) is 8.41. The number of aliphatic hydroxyl groups is 1. The highest BCUT2D eigenvalue weighted by molar-refractivity contribution is 7.21. The van der Waals surface area contributed by atoms with Crippen molar-refractivity contribution >= 4 is 21.6 Å². The van der Waals surface area contributed by atoms with Crippen molar-refractivity contribution in [2.75, 3.05) is 6.54 Å². The number of fused-ring (bicyclic) bond motifs is 1. The van der Waals surface area contributed by atoms with Crippen LogP contribution in [0.5, 0.6) is 0 Å². The van der Waals surface area contributed by atoms with Crippen LogP contribution in [0, 0.1) is 0 Å². The maximum atomic E-state index is 10.1. The molecule has 0 aliphatic heterocycles. The summed E-state index contributed by atoms with van der Waals surface area (Å²) in [5.74, 6) is 1.68. The highest BCUT2D eigenvalue weighted by Crippen LogP contribution is 2.32. The number of thiazole rings is 1. The van der Waals surface area contributed by atoms with Crippen LogP contribution in [-0.2, 0) is 6.54 Å². The van der Waals surface area contributed by atoms with Crippen molar-refractivity contribution in [3.63, 3.8) is 0 Å². The largest absolute Gasteiger partial charge is 0.457 e. The van der Waals surface area contributed by atoms with Crippen LogP contribution >= 0.6 is 11.3 Å². The van der Waals surface area contributed by atoms with Crippen LogP contribution in [-0.4, -0.2) is 22.2 Å². The molecule has 2 aromatic heterocycles. The first-order valence-electron chi connectivity index (χ1n) is 7.60. The molecule has 0 bridgehead atoms. The van der Waals surface area contributed by atoms with Crippen LogP contribution in [0.1, 0.15) is 25.0 Å². The van der Waals surface area contributed by atoms with Crippen LogP contribution in [0.3, 0.4) is 0 Å². The Balaban J connectivity index is 1.44. The molecule has 1 aliphatic rings. The molecule has 0 unspecified atom stereocenters. The summed E-state index contributed by atoms with van der Waals surface area (Å²) in [5, 5.41) is 14.2. The normalized spacial score (nSPS) is 16.8. The molecule has 2 N–H and O–H groups in total. The van der Waals surface area contributed by atoms with E-state index in [0.717, 1.165) is 41.3 Å². The van der Waals surface area contributed by atoms with Crippen molar-refractivity contribution in [3.05, 3.63) is 42.2 Å². The van der Waals surface area contributed by atoms with Gasteiger partial charge in [-0.1, -0.05) is 12.1 Å². The fourth-order valence-corrected chi connectivity index (χ4v) is 3.67. The van der Waals surface area contributed by atoms with E-state index in [1.54, 1.807) is 11.3 Å². The Morgan fingerprint density at radius 3 is 2.86 bits per heavy atom. The second kappa shape index (κ2) is 5.50. The minimum atomic E-state index is -0.498. The third-order valence-corrected chi connectivity index (χ3v) is 5.25. The van der Waals surface area contributed by atoms with Crippen LogP contribution in [0.15, 0.2) is 40.8 Å². The second-order valence-electron chi connectivity index (χ2n) is 5.93. The summed E-state index contributed by atoms with van der Waals surface area (Å²) >= 11 is 1.64. The molecular formula is C17H18N2O2S. The molecule has 0 spiro atoms. The first kappa shape index (κ1) is 13.9. The Labute approximate surface area is 132 Å². The summed E-state index contributed by atoms with van der Waals surface area (Å²) in [5.41, 5.74) is 0.508. The Morgan fingerprint density at radius 2 is 2.09 bits per heavy atom. The molecule has 3 aromatic rings. The topological polar surface area (TPSA) is 58.3 Å². The van der Waals surface area contributed by atoms with Gasteiger partial charge in [0.05, 0.1) is 22.4 Å². The van der Waals surface area contributed by atoms with E-state index in [1.165, 1.54) is 4.70 Å². The molecule has 1 fully saturated rings. The zero-order chi connectivity index (χ0) is 15.0. The Bertz CT molecular complexity index is 756. The van der Waals surface area contributed by atoms with E-state index in [0.29, 0.717) is 13.1 Å². The minimum absolute atomic E-state index is 0.498. The minimum Gasteiger partial charge on any atom is -0.457 e. The quantitative estimate of drug-likeness (QED) is 0.756. The standard InChI is InChI=1S/C17H18N2O2S/c20-17(8-3-9-17)11-18-10-12-6-7-14(21-12)16-19-13-4-1-2-5-15(13)22-16/h1-2,4-7,18,20H,3,8-11H2. The van der Waals surface area contributed by atoms with Crippen LogP contribution in [0.25, 0.3) is 21.0 Å². The summed E-state index contributed by atoms with van der Waals surface area (Å²) in [6, 6.07) is 12.0. The molecule has 1 aliphatic carbocycles. The molecule has 0 saturated heterocycles. The Morgan fingerprint density at radius 1 is 1.23 bits per heavy atom. The molecule has 5 heteroatoms. The number of hydrogen-bond donors (Lipinski definition) is 2. The number of nitrogens with zero attached hydrogens (tertiary/aromatic N) is 1. The van der Waals surface area contributed by atoms with E-state index in [2.05, 4.69) is 16.4 Å². The van der Waals surface area contributed by atoms with Gasteiger partial charge < -0.3 is 14.8 Å². The molecule has 0 radical (unpaired) electrons. The van der Waals surface area contributed by atoms with E-state index in [-0.39, 0.29) is 0 Å². The zero-order valence-electron chi connectivity index (χ0n) is 12.2.